The number of nitrogens with zero attached hydrogens (tertiary/aromatic N) is 1. The van der Waals surface area contributed by atoms with E-state index in [2.05, 4.69) is 12.2 Å². The minimum atomic E-state index is -0.0171. The number of hydrogen-bond acceptors (Lipinski definition) is 3. The van der Waals surface area contributed by atoms with Crippen LogP contribution in [0.3, 0.4) is 0 Å². The molecule has 3 unspecified atom stereocenters. The van der Waals surface area contributed by atoms with Gasteiger partial charge in [-0.15, -0.1) is 0 Å². The van der Waals surface area contributed by atoms with E-state index in [0.717, 1.165) is 19.3 Å². The van der Waals surface area contributed by atoms with Crippen LogP contribution in [0, 0.1) is 17.8 Å². The molecular formula is C13H22N2O2. The summed E-state index contributed by atoms with van der Waals surface area (Å²) in [6.45, 7) is 4.64. The van der Waals surface area contributed by atoms with Crippen molar-refractivity contribution >= 4 is 11.8 Å². The molecule has 2 aliphatic rings. The lowest BCUT2D eigenvalue weighted by Crippen LogP contribution is -2.41. The second-order valence-electron chi connectivity index (χ2n) is 5.44. The molecule has 17 heavy (non-hydrogen) atoms. The van der Waals surface area contributed by atoms with E-state index < -0.39 is 0 Å². The molecule has 0 bridgehead atoms. The third-order valence-electron chi connectivity index (χ3n) is 4.35. The van der Waals surface area contributed by atoms with Crippen LogP contribution in [0.25, 0.3) is 0 Å². The van der Waals surface area contributed by atoms with Crippen molar-refractivity contribution in [2.24, 2.45) is 17.8 Å². The van der Waals surface area contributed by atoms with E-state index in [-0.39, 0.29) is 29.7 Å². The first-order chi connectivity index (χ1) is 8.08. The van der Waals surface area contributed by atoms with Gasteiger partial charge in [0, 0.05) is 12.6 Å². The fourth-order valence-corrected chi connectivity index (χ4v) is 3.08. The predicted octanol–water partition coefficient (Wildman–Crippen LogP) is 1.02. The molecule has 4 heteroatoms. The monoisotopic (exact) mass is 238 g/mol. The summed E-state index contributed by atoms with van der Waals surface area (Å²) in [6, 6.07) is 0.170. The molecule has 0 radical (unpaired) electrons. The van der Waals surface area contributed by atoms with Crippen molar-refractivity contribution in [3.63, 3.8) is 0 Å². The maximum atomic E-state index is 12.2. The van der Waals surface area contributed by atoms with Gasteiger partial charge < -0.3 is 5.32 Å². The van der Waals surface area contributed by atoms with Crippen LogP contribution in [-0.2, 0) is 9.59 Å². The van der Waals surface area contributed by atoms with E-state index in [0.29, 0.717) is 12.5 Å². The van der Waals surface area contributed by atoms with Gasteiger partial charge in [0.1, 0.15) is 0 Å². The van der Waals surface area contributed by atoms with E-state index >= 15 is 0 Å². The summed E-state index contributed by atoms with van der Waals surface area (Å²) in [5, 5.41) is 3.07. The number of carbonyl (C=O) groups excluding carboxylic acids is 2. The molecule has 1 saturated heterocycles. The van der Waals surface area contributed by atoms with Crippen molar-refractivity contribution in [1.82, 2.24) is 10.2 Å². The zero-order valence-electron chi connectivity index (χ0n) is 10.9. The van der Waals surface area contributed by atoms with Crippen LogP contribution in [0.1, 0.15) is 33.1 Å². The van der Waals surface area contributed by atoms with Crippen LogP contribution in [0.15, 0.2) is 0 Å². The Morgan fingerprint density at radius 3 is 2.24 bits per heavy atom. The van der Waals surface area contributed by atoms with Gasteiger partial charge in [-0.3, -0.25) is 14.5 Å². The van der Waals surface area contributed by atoms with Gasteiger partial charge in [0.2, 0.25) is 11.8 Å². The largest absolute Gasteiger partial charge is 0.315 e. The average Bonchev–Trinajstić information content (AvgIpc) is 2.85. The van der Waals surface area contributed by atoms with Crippen molar-refractivity contribution in [2.75, 3.05) is 13.6 Å². The van der Waals surface area contributed by atoms with Crippen LogP contribution in [0.5, 0.6) is 0 Å². The molecule has 2 fully saturated rings. The van der Waals surface area contributed by atoms with Gasteiger partial charge in [0.15, 0.2) is 0 Å². The van der Waals surface area contributed by atoms with Crippen molar-refractivity contribution in [3.8, 4) is 0 Å². The Labute approximate surface area is 103 Å². The van der Waals surface area contributed by atoms with Crippen LogP contribution in [0.2, 0.25) is 0 Å². The Hall–Kier alpha value is -0.900. The highest BCUT2D eigenvalue weighted by Gasteiger charge is 2.52. The van der Waals surface area contributed by atoms with Crippen LogP contribution < -0.4 is 5.32 Å². The van der Waals surface area contributed by atoms with Crippen molar-refractivity contribution in [3.05, 3.63) is 0 Å². The lowest BCUT2D eigenvalue weighted by atomic mass is 10.00. The Bertz CT molecular complexity index is 305. The van der Waals surface area contributed by atoms with E-state index in [4.69, 9.17) is 0 Å². The molecule has 2 rings (SSSR count). The summed E-state index contributed by atoms with van der Waals surface area (Å²) in [5.41, 5.74) is 0. The molecule has 0 spiro atoms. The number of carbonyl (C=O) groups is 2. The third-order valence-corrected chi connectivity index (χ3v) is 4.35. The highest BCUT2D eigenvalue weighted by Crippen LogP contribution is 2.44. The SMILES string of the molecule is CCC1CC2C(=O)N(CC(C)NC)C(=O)C2C1. The highest BCUT2D eigenvalue weighted by molar-refractivity contribution is 6.05. The minimum Gasteiger partial charge on any atom is -0.315 e. The van der Waals surface area contributed by atoms with E-state index in [1.807, 2.05) is 14.0 Å². The first-order valence-corrected chi connectivity index (χ1v) is 6.60. The number of rotatable bonds is 4. The third kappa shape index (κ3) is 2.10. The fraction of sp³-hybridized carbons (Fsp3) is 0.846. The van der Waals surface area contributed by atoms with Crippen molar-refractivity contribution in [2.45, 2.75) is 39.2 Å². The number of fused-ring (bicyclic) bond motifs is 1. The number of hydrogen-bond donors (Lipinski definition) is 1. The van der Waals surface area contributed by atoms with Crippen molar-refractivity contribution < 1.29 is 9.59 Å². The Morgan fingerprint density at radius 1 is 1.29 bits per heavy atom. The first kappa shape index (κ1) is 12.6. The summed E-state index contributed by atoms with van der Waals surface area (Å²) < 4.78 is 0. The van der Waals surface area contributed by atoms with Gasteiger partial charge in [0.25, 0.3) is 0 Å². The molecular weight excluding hydrogens is 216 g/mol. The summed E-state index contributed by atoms with van der Waals surface area (Å²) in [7, 11) is 1.85. The maximum absolute atomic E-state index is 12.2. The minimum absolute atomic E-state index is 0.0171. The van der Waals surface area contributed by atoms with Crippen LogP contribution in [-0.4, -0.2) is 36.3 Å². The number of likely N-dealkylation sites (N-methyl/N-ethyl adjacent to an activating group) is 1. The molecule has 2 amide bonds. The summed E-state index contributed by atoms with van der Waals surface area (Å²) in [5.74, 6) is 0.672. The second-order valence-corrected chi connectivity index (χ2v) is 5.44. The molecule has 4 nitrogen and oxygen atoms in total. The maximum Gasteiger partial charge on any atom is 0.233 e. The molecule has 1 saturated carbocycles. The van der Waals surface area contributed by atoms with Crippen molar-refractivity contribution in [1.29, 1.82) is 0 Å². The van der Waals surface area contributed by atoms with Gasteiger partial charge in [-0.2, -0.15) is 0 Å². The molecule has 0 aromatic rings. The fourth-order valence-electron chi connectivity index (χ4n) is 3.08. The zero-order valence-corrected chi connectivity index (χ0v) is 10.9. The molecule has 96 valence electrons. The number of likely N-dealkylation sites (tertiary alicyclic amines) is 1. The Kier molecular flexibility index (Phi) is 3.52. The quantitative estimate of drug-likeness (QED) is 0.744. The molecule has 3 atom stereocenters. The average molecular weight is 238 g/mol. The van der Waals surface area contributed by atoms with Gasteiger partial charge in [-0.25, -0.2) is 0 Å². The smallest absolute Gasteiger partial charge is 0.233 e. The second kappa shape index (κ2) is 4.77. The first-order valence-electron chi connectivity index (χ1n) is 6.60. The van der Waals surface area contributed by atoms with E-state index in [1.165, 1.54) is 4.90 Å². The lowest BCUT2D eigenvalue weighted by Gasteiger charge is -2.21. The van der Waals surface area contributed by atoms with Gasteiger partial charge in [0.05, 0.1) is 11.8 Å². The summed E-state index contributed by atoms with van der Waals surface area (Å²) in [4.78, 5) is 25.8. The molecule has 1 heterocycles. The predicted molar refractivity (Wildman–Crippen MR) is 65.2 cm³/mol. The van der Waals surface area contributed by atoms with E-state index in [1.54, 1.807) is 0 Å². The number of nitrogens with one attached hydrogen (secondary N) is 1. The Morgan fingerprint density at radius 2 is 1.82 bits per heavy atom. The standard InChI is InChI=1S/C13H22N2O2/c1-4-9-5-10-11(6-9)13(17)15(12(10)16)7-8(2)14-3/h8-11,14H,4-7H2,1-3H3. The van der Waals surface area contributed by atoms with Gasteiger partial charge in [-0.1, -0.05) is 13.3 Å². The summed E-state index contributed by atoms with van der Waals surface area (Å²) >= 11 is 0. The van der Waals surface area contributed by atoms with Crippen LogP contribution >= 0.6 is 0 Å². The van der Waals surface area contributed by atoms with Gasteiger partial charge >= 0.3 is 0 Å². The molecule has 0 aromatic heterocycles. The topological polar surface area (TPSA) is 49.4 Å². The molecule has 0 aromatic carbocycles. The zero-order chi connectivity index (χ0) is 12.6. The molecule has 1 aliphatic heterocycles. The van der Waals surface area contributed by atoms with E-state index in [9.17, 15) is 9.59 Å². The number of amides is 2. The van der Waals surface area contributed by atoms with Crippen LogP contribution in [0.4, 0.5) is 0 Å². The lowest BCUT2D eigenvalue weighted by molar-refractivity contribution is -0.140. The summed E-state index contributed by atoms with van der Waals surface area (Å²) in [6.07, 6.45) is 2.91. The number of imide groups is 1. The molecule has 1 N–H and O–H groups in total. The Balaban J connectivity index is 2.06. The molecule has 1 aliphatic carbocycles. The normalized spacial score (nSPS) is 34.3. The van der Waals surface area contributed by atoms with Gasteiger partial charge in [-0.05, 0) is 32.7 Å². The highest BCUT2D eigenvalue weighted by atomic mass is 16.2.